The maximum absolute atomic E-state index is 12.6. The van der Waals surface area contributed by atoms with Gasteiger partial charge in [0.2, 0.25) is 11.8 Å². The van der Waals surface area contributed by atoms with Crippen LogP contribution in [0.3, 0.4) is 0 Å². The molecule has 2 fully saturated rings. The lowest BCUT2D eigenvalue weighted by molar-refractivity contribution is -0.136. The van der Waals surface area contributed by atoms with E-state index in [1.54, 1.807) is 25.2 Å². The van der Waals surface area contributed by atoms with Gasteiger partial charge in [0.15, 0.2) is 0 Å². The number of likely N-dealkylation sites (tertiary alicyclic amines) is 1. The predicted molar refractivity (Wildman–Crippen MR) is 152 cm³/mol. The average molecular weight is 546 g/mol. The second-order valence-electron chi connectivity index (χ2n) is 10.2. The van der Waals surface area contributed by atoms with Crippen molar-refractivity contribution >= 4 is 11.8 Å². The molecule has 1 unspecified atom stereocenters. The van der Waals surface area contributed by atoms with Crippen molar-refractivity contribution in [2.75, 3.05) is 32.7 Å². The van der Waals surface area contributed by atoms with E-state index >= 15 is 0 Å². The van der Waals surface area contributed by atoms with Crippen LogP contribution in [0.15, 0.2) is 66.5 Å². The molecule has 2 aliphatic heterocycles. The number of benzene rings is 1. The summed E-state index contributed by atoms with van der Waals surface area (Å²) in [5, 5.41) is 6.23. The van der Waals surface area contributed by atoms with Gasteiger partial charge in [0, 0.05) is 26.1 Å². The van der Waals surface area contributed by atoms with Gasteiger partial charge in [-0.15, -0.1) is 0 Å². The molecule has 1 spiro atoms. The molecule has 2 N–H and O–H groups in total. The van der Waals surface area contributed by atoms with E-state index in [1.165, 1.54) is 17.7 Å². The number of nitrogens with zero attached hydrogens (tertiary/aromatic N) is 1. The zero-order valence-corrected chi connectivity index (χ0v) is 23.8. The number of amides is 2. The molecule has 39 heavy (non-hydrogen) atoms. The molecule has 0 radical (unpaired) electrons. The van der Waals surface area contributed by atoms with E-state index < -0.39 is 6.61 Å². The van der Waals surface area contributed by atoms with Crippen molar-refractivity contribution < 1.29 is 23.1 Å². The van der Waals surface area contributed by atoms with Crippen molar-refractivity contribution in [3.8, 4) is 0 Å². The second-order valence-corrected chi connectivity index (χ2v) is 10.2. The molecule has 2 saturated heterocycles. The fourth-order valence-electron chi connectivity index (χ4n) is 4.85. The molecule has 0 bridgehead atoms. The Morgan fingerprint density at radius 2 is 1.87 bits per heavy atom. The van der Waals surface area contributed by atoms with E-state index in [9.17, 15) is 18.4 Å². The number of alkyl halides is 2. The minimum Gasteiger partial charge on any atom is -0.435 e. The highest BCUT2D eigenvalue weighted by atomic mass is 19.3. The lowest BCUT2D eigenvalue weighted by atomic mass is 9.78. The summed E-state index contributed by atoms with van der Waals surface area (Å²) in [4.78, 5) is 25.6. The number of piperidine rings is 1. The van der Waals surface area contributed by atoms with Gasteiger partial charge in [-0.2, -0.15) is 8.78 Å². The zero-order valence-electron chi connectivity index (χ0n) is 23.8. The molecular weight excluding hydrogens is 500 g/mol. The molecule has 0 saturated carbocycles. The van der Waals surface area contributed by atoms with Gasteiger partial charge in [0.05, 0.1) is 5.41 Å². The molecule has 2 aliphatic rings. The zero-order chi connectivity index (χ0) is 28.7. The largest absolute Gasteiger partial charge is 0.435 e. The molecule has 3 rings (SSSR count). The SMILES string of the molecule is CCC(=O)NC[C@H](C)C(C)c1ccccc1.C\C=C/C(=C\C=C\CN1CCC2(CCNCC2)C1=O)OC(F)F. The molecule has 1 aromatic rings. The molecule has 0 aliphatic carbocycles. The fraction of sp³-hybridized carbons (Fsp3) is 0.548. The minimum atomic E-state index is -2.84. The van der Waals surface area contributed by atoms with Gasteiger partial charge in [0.1, 0.15) is 5.76 Å². The van der Waals surface area contributed by atoms with Gasteiger partial charge < -0.3 is 20.3 Å². The van der Waals surface area contributed by atoms with Crippen molar-refractivity contribution in [1.29, 1.82) is 0 Å². The van der Waals surface area contributed by atoms with Crippen LogP contribution in [0.25, 0.3) is 0 Å². The Bertz CT molecular complexity index is 973. The first kappa shape index (κ1) is 32.2. The Morgan fingerprint density at radius 3 is 2.49 bits per heavy atom. The highest BCUT2D eigenvalue weighted by Crippen LogP contribution is 2.39. The van der Waals surface area contributed by atoms with E-state index in [4.69, 9.17) is 0 Å². The summed E-state index contributed by atoms with van der Waals surface area (Å²) in [5.41, 5.74) is 1.16. The van der Waals surface area contributed by atoms with Gasteiger partial charge in [-0.1, -0.05) is 69.3 Å². The van der Waals surface area contributed by atoms with Crippen LogP contribution in [0.4, 0.5) is 8.78 Å². The number of carbonyl (C=O) groups excluding carboxylic acids is 2. The number of rotatable bonds is 11. The van der Waals surface area contributed by atoms with Gasteiger partial charge in [0.25, 0.3) is 0 Å². The van der Waals surface area contributed by atoms with Crippen LogP contribution in [-0.4, -0.2) is 56.0 Å². The van der Waals surface area contributed by atoms with Gasteiger partial charge in [-0.3, -0.25) is 9.59 Å². The van der Waals surface area contributed by atoms with Gasteiger partial charge in [-0.05, 0) is 68.8 Å². The average Bonchev–Trinajstić information content (AvgIpc) is 3.23. The number of halogens is 2. The van der Waals surface area contributed by atoms with Gasteiger partial charge in [-0.25, -0.2) is 0 Å². The number of allylic oxidation sites excluding steroid dienone is 4. The molecule has 216 valence electrons. The summed E-state index contributed by atoms with van der Waals surface area (Å²) < 4.78 is 28.9. The third kappa shape index (κ3) is 10.6. The summed E-state index contributed by atoms with van der Waals surface area (Å²) >= 11 is 0. The van der Waals surface area contributed by atoms with Gasteiger partial charge >= 0.3 is 6.61 Å². The molecular formula is C31H45F2N3O3. The second kappa shape index (κ2) is 16.9. The van der Waals surface area contributed by atoms with E-state index in [-0.39, 0.29) is 23.0 Å². The topological polar surface area (TPSA) is 70.7 Å². The Hall–Kier alpha value is -3.00. The van der Waals surface area contributed by atoms with Crippen molar-refractivity contribution in [2.24, 2.45) is 11.3 Å². The highest BCUT2D eigenvalue weighted by Gasteiger charge is 2.46. The summed E-state index contributed by atoms with van der Waals surface area (Å²) in [6.07, 6.45) is 11.3. The van der Waals surface area contributed by atoms with E-state index in [0.717, 1.165) is 45.4 Å². The Balaban J connectivity index is 0.000000293. The molecule has 2 heterocycles. The Morgan fingerprint density at radius 1 is 1.18 bits per heavy atom. The van der Waals surface area contributed by atoms with E-state index in [2.05, 4.69) is 53.5 Å². The van der Waals surface area contributed by atoms with E-state index in [1.807, 2.05) is 17.9 Å². The number of hydrogen-bond donors (Lipinski definition) is 2. The molecule has 8 heteroatoms. The lowest BCUT2D eigenvalue weighted by Crippen LogP contribution is -2.42. The summed E-state index contributed by atoms with van der Waals surface area (Å²) in [5.74, 6) is 1.38. The molecule has 2 amide bonds. The summed E-state index contributed by atoms with van der Waals surface area (Å²) in [7, 11) is 0. The maximum atomic E-state index is 12.6. The quantitative estimate of drug-likeness (QED) is 0.273. The van der Waals surface area contributed by atoms with Crippen LogP contribution in [0.2, 0.25) is 0 Å². The Labute approximate surface area is 232 Å². The van der Waals surface area contributed by atoms with Crippen LogP contribution in [0.1, 0.15) is 64.9 Å². The van der Waals surface area contributed by atoms with Crippen LogP contribution in [0.5, 0.6) is 0 Å². The predicted octanol–water partition coefficient (Wildman–Crippen LogP) is 5.80. The number of carbonyl (C=O) groups is 2. The maximum Gasteiger partial charge on any atom is 0.387 e. The lowest BCUT2D eigenvalue weighted by Gasteiger charge is -2.31. The number of nitrogens with one attached hydrogen (secondary N) is 2. The number of hydrogen-bond acceptors (Lipinski definition) is 4. The number of ether oxygens (including phenoxy) is 1. The minimum absolute atomic E-state index is 0.0984. The van der Waals surface area contributed by atoms with Crippen LogP contribution in [0, 0.1) is 11.3 Å². The van der Waals surface area contributed by atoms with Crippen LogP contribution < -0.4 is 10.6 Å². The van der Waals surface area contributed by atoms with Crippen molar-refractivity contribution in [3.05, 3.63) is 72.0 Å². The first-order valence-corrected chi connectivity index (χ1v) is 14.0. The Kier molecular flexibility index (Phi) is 13.9. The third-order valence-electron chi connectivity index (χ3n) is 7.56. The summed E-state index contributed by atoms with van der Waals surface area (Å²) in [6.45, 7) is 8.96. The summed E-state index contributed by atoms with van der Waals surface area (Å²) in [6, 6.07) is 10.4. The third-order valence-corrected chi connectivity index (χ3v) is 7.56. The first-order chi connectivity index (χ1) is 18.7. The van der Waals surface area contributed by atoms with Crippen molar-refractivity contribution in [2.45, 2.75) is 65.9 Å². The molecule has 1 aromatic carbocycles. The van der Waals surface area contributed by atoms with Crippen molar-refractivity contribution in [3.63, 3.8) is 0 Å². The van der Waals surface area contributed by atoms with E-state index in [0.29, 0.717) is 24.8 Å². The highest BCUT2D eigenvalue weighted by molar-refractivity contribution is 5.85. The molecule has 0 aromatic heterocycles. The smallest absolute Gasteiger partial charge is 0.387 e. The fourth-order valence-corrected chi connectivity index (χ4v) is 4.85. The van der Waals surface area contributed by atoms with Crippen molar-refractivity contribution in [1.82, 2.24) is 15.5 Å². The first-order valence-electron chi connectivity index (χ1n) is 14.0. The standard InChI is InChI=1S/C17H24F2N2O2.C14H21NO/c1-2-5-14(23-16(18)19)6-3-4-12-21-13-9-17(15(21)22)7-10-20-11-8-17;1-4-14(16)15-10-11(2)12(3)13-8-6-5-7-9-13/h2-6,16,20H,7-13H2,1H3;5-9,11-12H,4,10H2,1-3H3,(H,15,16)/b4-3+,5-2-,14-6+;/t;11-,12?/m.0/s1. The monoisotopic (exact) mass is 545 g/mol. The van der Waals surface area contributed by atoms with Crippen LogP contribution >= 0.6 is 0 Å². The molecule has 6 nitrogen and oxygen atoms in total. The van der Waals surface area contributed by atoms with Crippen LogP contribution in [-0.2, 0) is 14.3 Å². The normalized spacial score (nSPS) is 18.9. The molecule has 2 atom stereocenters.